The molecule has 0 aromatic heterocycles. The summed E-state index contributed by atoms with van der Waals surface area (Å²) in [5.41, 5.74) is 8.03. The second kappa shape index (κ2) is 7.62. The zero-order valence-electron chi connectivity index (χ0n) is 11.3. The molecule has 0 spiro atoms. The van der Waals surface area contributed by atoms with E-state index < -0.39 is 0 Å². The lowest BCUT2D eigenvalue weighted by Crippen LogP contribution is -2.43. The highest BCUT2D eigenvalue weighted by molar-refractivity contribution is 7.80. The first-order valence-corrected chi connectivity index (χ1v) is 7.05. The van der Waals surface area contributed by atoms with Gasteiger partial charge in [0.25, 0.3) is 0 Å². The van der Waals surface area contributed by atoms with E-state index >= 15 is 0 Å². The number of para-hydroxylation sites is 1. The zero-order chi connectivity index (χ0) is 14.2. The number of thiocarbonyl (C=S) groups is 1. The van der Waals surface area contributed by atoms with Gasteiger partial charge in [0.15, 0.2) is 5.11 Å². The van der Waals surface area contributed by atoms with E-state index in [-0.39, 0.29) is 6.04 Å². The molecule has 0 aliphatic carbocycles. The summed E-state index contributed by atoms with van der Waals surface area (Å²) in [6.45, 7) is 0.533. The molecule has 0 aliphatic rings. The summed E-state index contributed by atoms with van der Waals surface area (Å²) in [6, 6.07) is 20.2. The molecule has 0 saturated carbocycles. The Bertz CT molecular complexity index is 528. The van der Waals surface area contributed by atoms with Crippen molar-refractivity contribution >= 4 is 23.0 Å². The Morgan fingerprint density at radius 1 is 1.00 bits per heavy atom. The van der Waals surface area contributed by atoms with Crippen molar-refractivity contribution in [2.24, 2.45) is 5.73 Å². The smallest absolute Gasteiger partial charge is 0.171 e. The lowest BCUT2D eigenvalue weighted by Gasteiger charge is -2.19. The second-order valence-corrected chi connectivity index (χ2v) is 5.00. The Hall–Kier alpha value is -1.91. The van der Waals surface area contributed by atoms with Crippen LogP contribution in [0.2, 0.25) is 0 Å². The van der Waals surface area contributed by atoms with Crippen molar-refractivity contribution < 1.29 is 0 Å². The minimum atomic E-state index is 0.126. The third kappa shape index (κ3) is 4.64. The Balaban J connectivity index is 1.88. The minimum absolute atomic E-state index is 0.126. The maximum Gasteiger partial charge on any atom is 0.171 e. The molecule has 0 radical (unpaired) electrons. The first-order valence-electron chi connectivity index (χ1n) is 6.64. The van der Waals surface area contributed by atoms with E-state index in [1.54, 1.807) is 0 Å². The molecule has 0 saturated heterocycles. The van der Waals surface area contributed by atoms with Crippen LogP contribution in [0.1, 0.15) is 5.56 Å². The first-order chi connectivity index (χ1) is 9.78. The fraction of sp³-hybridized carbons (Fsp3) is 0.188. The molecule has 2 rings (SSSR count). The molecular formula is C16H19N3S. The normalized spacial score (nSPS) is 11.7. The number of anilines is 1. The van der Waals surface area contributed by atoms with Crippen LogP contribution < -0.4 is 16.4 Å². The van der Waals surface area contributed by atoms with Gasteiger partial charge in [0.2, 0.25) is 0 Å². The van der Waals surface area contributed by atoms with E-state index in [2.05, 4.69) is 22.8 Å². The predicted octanol–water partition coefficient (Wildman–Crippen LogP) is 2.54. The maximum absolute atomic E-state index is 5.81. The van der Waals surface area contributed by atoms with Gasteiger partial charge in [-0.25, -0.2) is 0 Å². The lowest BCUT2D eigenvalue weighted by atomic mass is 10.1. The number of hydrogen-bond donors (Lipinski definition) is 3. The molecule has 0 bridgehead atoms. The van der Waals surface area contributed by atoms with Gasteiger partial charge in [-0.1, -0.05) is 48.5 Å². The Morgan fingerprint density at radius 3 is 2.20 bits per heavy atom. The van der Waals surface area contributed by atoms with Crippen LogP contribution in [0.4, 0.5) is 5.69 Å². The maximum atomic E-state index is 5.81. The molecule has 3 nitrogen and oxygen atoms in total. The number of nitrogens with one attached hydrogen (secondary N) is 2. The van der Waals surface area contributed by atoms with Crippen LogP contribution in [0.25, 0.3) is 0 Å². The average molecular weight is 285 g/mol. The van der Waals surface area contributed by atoms with Crippen molar-refractivity contribution in [2.75, 3.05) is 11.9 Å². The highest BCUT2D eigenvalue weighted by Crippen LogP contribution is 2.06. The van der Waals surface area contributed by atoms with Crippen LogP contribution in [-0.2, 0) is 6.42 Å². The molecule has 4 heteroatoms. The topological polar surface area (TPSA) is 50.1 Å². The first kappa shape index (κ1) is 14.5. The number of hydrogen-bond acceptors (Lipinski definition) is 2. The van der Waals surface area contributed by atoms with Gasteiger partial charge in [-0.3, -0.25) is 0 Å². The van der Waals surface area contributed by atoms with E-state index in [0.29, 0.717) is 11.7 Å². The number of nitrogens with two attached hydrogens (primary N) is 1. The summed E-state index contributed by atoms with van der Waals surface area (Å²) in [5, 5.41) is 7.02. The summed E-state index contributed by atoms with van der Waals surface area (Å²) in [7, 11) is 0. The van der Waals surface area contributed by atoms with Gasteiger partial charge in [0, 0.05) is 18.3 Å². The standard InChI is InChI=1S/C16H19N3S/c17-12-15(11-13-7-3-1-4-8-13)19-16(20)18-14-9-5-2-6-10-14/h1-10,15H,11-12,17H2,(H2,18,19,20)/t15-/m0/s1. The molecule has 2 aromatic carbocycles. The third-order valence-corrected chi connectivity index (χ3v) is 3.20. The summed E-state index contributed by atoms with van der Waals surface area (Å²) in [6.07, 6.45) is 0.855. The van der Waals surface area contributed by atoms with Crippen LogP contribution in [0.3, 0.4) is 0 Å². The third-order valence-electron chi connectivity index (χ3n) is 2.98. The molecule has 104 valence electrons. The van der Waals surface area contributed by atoms with Gasteiger partial charge in [-0.2, -0.15) is 0 Å². The van der Waals surface area contributed by atoms with E-state index in [9.17, 15) is 0 Å². The van der Waals surface area contributed by atoms with Crippen LogP contribution in [0, 0.1) is 0 Å². The SMILES string of the molecule is NC[C@H](Cc1ccccc1)NC(=S)Nc1ccccc1. The summed E-state index contributed by atoms with van der Waals surface area (Å²) in [4.78, 5) is 0. The largest absolute Gasteiger partial charge is 0.358 e. The second-order valence-electron chi connectivity index (χ2n) is 4.59. The minimum Gasteiger partial charge on any atom is -0.358 e. The van der Waals surface area contributed by atoms with Gasteiger partial charge in [0.05, 0.1) is 0 Å². The molecule has 0 heterocycles. The van der Waals surface area contributed by atoms with Crippen molar-refractivity contribution in [3.05, 3.63) is 66.2 Å². The molecular weight excluding hydrogens is 266 g/mol. The van der Waals surface area contributed by atoms with Gasteiger partial charge in [0.1, 0.15) is 0 Å². The molecule has 0 aliphatic heterocycles. The van der Waals surface area contributed by atoms with Crippen molar-refractivity contribution in [2.45, 2.75) is 12.5 Å². The van der Waals surface area contributed by atoms with Gasteiger partial charge >= 0.3 is 0 Å². The van der Waals surface area contributed by atoms with Gasteiger partial charge < -0.3 is 16.4 Å². The molecule has 0 amide bonds. The van der Waals surface area contributed by atoms with Crippen molar-refractivity contribution in [1.29, 1.82) is 0 Å². The van der Waals surface area contributed by atoms with E-state index in [1.807, 2.05) is 48.5 Å². The van der Waals surface area contributed by atoms with Crippen LogP contribution in [0.15, 0.2) is 60.7 Å². The predicted molar refractivity (Wildman–Crippen MR) is 88.8 cm³/mol. The Morgan fingerprint density at radius 2 is 1.60 bits per heavy atom. The average Bonchev–Trinajstić information content (AvgIpc) is 2.48. The Labute approximate surface area is 125 Å². The van der Waals surface area contributed by atoms with Crippen molar-refractivity contribution in [1.82, 2.24) is 5.32 Å². The fourth-order valence-electron chi connectivity index (χ4n) is 1.97. The molecule has 0 fully saturated rings. The van der Waals surface area contributed by atoms with Gasteiger partial charge in [-0.15, -0.1) is 0 Å². The number of rotatable bonds is 5. The zero-order valence-corrected chi connectivity index (χ0v) is 12.1. The number of benzene rings is 2. The van der Waals surface area contributed by atoms with Gasteiger partial charge in [-0.05, 0) is 36.3 Å². The fourth-order valence-corrected chi connectivity index (χ4v) is 2.25. The highest BCUT2D eigenvalue weighted by Gasteiger charge is 2.09. The molecule has 20 heavy (non-hydrogen) atoms. The van der Waals surface area contributed by atoms with Crippen molar-refractivity contribution in [3.8, 4) is 0 Å². The molecule has 2 aromatic rings. The summed E-state index contributed by atoms with van der Waals surface area (Å²) < 4.78 is 0. The molecule has 1 atom stereocenters. The van der Waals surface area contributed by atoms with E-state index in [0.717, 1.165) is 12.1 Å². The van der Waals surface area contributed by atoms with Crippen LogP contribution in [-0.4, -0.2) is 17.7 Å². The molecule has 0 unspecified atom stereocenters. The van der Waals surface area contributed by atoms with Crippen molar-refractivity contribution in [3.63, 3.8) is 0 Å². The summed E-state index contributed by atoms with van der Waals surface area (Å²) >= 11 is 5.32. The quantitative estimate of drug-likeness (QED) is 0.739. The Kier molecular flexibility index (Phi) is 5.53. The van der Waals surface area contributed by atoms with Crippen LogP contribution in [0.5, 0.6) is 0 Å². The molecule has 4 N–H and O–H groups in total. The van der Waals surface area contributed by atoms with E-state index in [1.165, 1.54) is 5.56 Å². The van der Waals surface area contributed by atoms with E-state index in [4.69, 9.17) is 18.0 Å². The highest BCUT2D eigenvalue weighted by atomic mass is 32.1. The summed E-state index contributed by atoms with van der Waals surface area (Å²) in [5.74, 6) is 0. The van der Waals surface area contributed by atoms with Crippen LogP contribution >= 0.6 is 12.2 Å². The monoisotopic (exact) mass is 285 g/mol. The lowest BCUT2D eigenvalue weighted by molar-refractivity contribution is 0.616.